The Labute approximate surface area is 132 Å². The van der Waals surface area contributed by atoms with E-state index >= 15 is 0 Å². The number of hydrogen-bond acceptors (Lipinski definition) is 6. The molecule has 0 N–H and O–H groups in total. The van der Waals surface area contributed by atoms with Gasteiger partial charge in [-0.15, -0.1) is 0 Å². The number of carbonyl (C=O) groups is 1. The lowest BCUT2D eigenvalue weighted by molar-refractivity contribution is -0.398. The zero-order chi connectivity index (χ0) is 16.3. The first-order chi connectivity index (χ1) is 10.4. The Balaban J connectivity index is 2.48. The average molecular weight is 363 g/mol. The summed E-state index contributed by atoms with van der Waals surface area (Å²) in [5, 5.41) is 33.7. The molecule has 112 valence electrons. The molecular formula is C14H7BrN2O5-2. The molecule has 0 aliphatic carbocycles. The van der Waals surface area contributed by atoms with E-state index in [0.717, 1.165) is 12.3 Å². The third kappa shape index (κ3) is 3.29. The number of carboxylic acid groups (broad SMARTS) is 1. The van der Waals surface area contributed by atoms with Crippen LogP contribution in [0.2, 0.25) is 0 Å². The molecule has 0 saturated carbocycles. The zero-order valence-electron chi connectivity index (χ0n) is 10.9. The molecule has 0 aromatic heterocycles. The van der Waals surface area contributed by atoms with Gasteiger partial charge in [-0.2, -0.15) is 0 Å². The third-order valence-corrected chi connectivity index (χ3v) is 3.18. The van der Waals surface area contributed by atoms with Crippen LogP contribution in [0, 0.1) is 10.1 Å². The number of hydrogen-bond donors (Lipinski definition) is 0. The first-order valence-electron chi connectivity index (χ1n) is 5.89. The van der Waals surface area contributed by atoms with Gasteiger partial charge in [0.25, 0.3) is 5.69 Å². The normalized spacial score (nSPS) is 10.8. The second kappa shape index (κ2) is 6.35. The van der Waals surface area contributed by atoms with Crippen LogP contribution in [0.3, 0.4) is 0 Å². The summed E-state index contributed by atoms with van der Waals surface area (Å²) >= 11 is 3.07. The molecule has 2 aromatic rings. The van der Waals surface area contributed by atoms with Gasteiger partial charge in [0, 0.05) is 22.3 Å². The van der Waals surface area contributed by atoms with Gasteiger partial charge in [-0.3, -0.25) is 15.1 Å². The Hall–Kier alpha value is -2.74. The Kier molecular flexibility index (Phi) is 4.52. The predicted octanol–water partition coefficient (Wildman–Crippen LogP) is 1.54. The molecule has 0 radical (unpaired) electrons. The van der Waals surface area contributed by atoms with Crippen LogP contribution in [0.15, 0.2) is 45.9 Å². The number of halogens is 1. The molecule has 2 rings (SSSR count). The highest BCUT2D eigenvalue weighted by Gasteiger charge is 2.11. The minimum Gasteiger partial charge on any atom is -0.867 e. The minimum atomic E-state index is -1.41. The van der Waals surface area contributed by atoms with E-state index in [1.807, 2.05) is 0 Å². The number of benzene rings is 2. The molecule has 2 aromatic carbocycles. The molecule has 7 nitrogen and oxygen atoms in total. The number of nitro groups is 1. The van der Waals surface area contributed by atoms with Gasteiger partial charge in [-0.1, -0.05) is 34.1 Å². The van der Waals surface area contributed by atoms with Crippen LogP contribution in [0.25, 0.3) is 0 Å². The Morgan fingerprint density at radius 1 is 1.27 bits per heavy atom. The van der Waals surface area contributed by atoms with Gasteiger partial charge in [0.15, 0.2) is 0 Å². The lowest BCUT2D eigenvalue weighted by atomic mass is 10.1. The minimum absolute atomic E-state index is 0.0331. The zero-order valence-corrected chi connectivity index (χ0v) is 12.4. The maximum absolute atomic E-state index is 11.9. The van der Waals surface area contributed by atoms with E-state index in [0.29, 0.717) is 4.47 Å². The summed E-state index contributed by atoms with van der Waals surface area (Å²) in [6.07, 6.45) is 1.09. The molecule has 0 bridgehead atoms. The van der Waals surface area contributed by atoms with Crippen molar-refractivity contribution in [1.82, 2.24) is 0 Å². The summed E-state index contributed by atoms with van der Waals surface area (Å²) in [6.45, 7) is 0. The number of carbonyl (C=O) groups excluding carboxylic acids is 1. The first-order valence-corrected chi connectivity index (χ1v) is 6.69. The van der Waals surface area contributed by atoms with Gasteiger partial charge in [0.2, 0.25) is 0 Å². The number of carboxylic acids is 1. The van der Waals surface area contributed by atoms with Crippen molar-refractivity contribution in [3.05, 3.63) is 62.1 Å². The van der Waals surface area contributed by atoms with Gasteiger partial charge in [0.05, 0.1) is 16.6 Å². The molecule has 8 heteroatoms. The van der Waals surface area contributed by atoms with Crippen molar-refractivity contribution in [2.24, 2.45) is 4.99 Å². The second-order valence-electron chi connectivity index (χ2n) is 4.16. The fraction of sp³-hybridized carbons (Fsp3) is 0. The van der Waals surface area contributed by atoms with Crippen LogP contribution in [0.5, 0.6) is 5.75 Å². The molecule has 0 aliphatic rings. The molecule has 0 atom stereocenters. The van der Waals surface area contributed by atoms with Crippen LogP contribution in [0.4, 0.5) is 11.4 Å². The van der Waals surface area contributed by atoms with Crippen LogP contribution in [-0.4, -0.2) is 17.1 Å². The van der Waals surface area contributed by atoms with Crippen molar-refractivity contribution in [1.29, 1.82) is 0 Å². The maximum atomic E-state index is 11.9. The standard InChI is InChI=1S/C14H9BrN2O5/c15-9-5-8(13(18)12(6-9)17(21)22)7-16-11-4-2-1-3-10(11)14(19)20/h1-7,18H,(H,19,20)/p-2. The van der Waals surface area contributed by atoms with E-state index in [1.165, 1.54) is 24.3 Å². The fourth-order valence-corrected chi connectivity index (χ4v) is 2.19. The van der Waals surface area contributed by atoms with Crippen molar-refractivity contribution in [2.45, 2.75) is 0 Å². The SMILES string of the molecule is O=C([O-])c1ccccc1N=Cc1cc(Br)cc([N+](=O)[O-])c1[O-]. The summed E-state index contributed by atoms with van der Waals surface area (Å²) < 4.78 is 0.341. The second-order valence-corrected chi connectivity index (χ2v) is 5.08. The highest BCUT2D eigenvalue weighted by Crippen LogP contribution is 2.30. The number of para-hydroxylation sites is 1. The molecule has 0 fully saturated rings. The quantitative estimate of drug-likeness (QED) is 0.464. The highest BCUT2D eigenvalue weighted by molar-refractivity contribution is 9.10. The fourth-order valence-electron chi connectivity index (χ4n) is 1.73. The van der Waals surface area contributed by atoms with E-state index in [4.69, 9.17) is 0 Å². The van der Waals surface area contributed by atoms with E-state index in [1.54, 1.807) is 6.07 Å². The molecule has 0 aliphatic heterocycles. The average Bonchev–Trinajstić information content (AvgIpc) is 2.47. The third-order valence-electron chi connectivity index (χ3n) is 2.73. The molecule has 0 unspecified atom stereocenters. The molecule has 0 spiro atoms. The highest BCUT2D eigenvalue weighted by atomic mass is 79.9. The lowest BCUT2D eigenvalue weighted by Crippen LogP contribution is -2.22. The largest absolute Gasteiger partial charge is 0.867 e. The van der Waals surface area contributed by atoms with Crippen LogP contribution < -0.4 is 10.2 Å². The summed E-state index contributed by atoms with van der Waals surface area (Å²) in [7, 11) is 0. The van der Waals surface area contributed by atoms with E-state index in [9.17, 15) is 25.1 Å². The Bertz CT molecular complexity index is 789. The molecule has 0 saturated heterocycles. The summed E-state index contributed by atoms with van der Waals surface area (Å²) in [5.74, 6) is -2.21. The monoisotopic (exact) mass is 362 g/mol. The predicted molar refractivity (Wildman–Crippen MR) is 78.3 cm³/mol. The van der Waals surface area contributed by atoms with Gasteiger partial charge < -0.3 is 15.0 Å². The number of nitrogens with zero attached hydrogens (tertiary/aromatic N) is 2. The van der Waals surface area contributed by atoms with E-state index in [2.05, 4.69) is 20.9 Å². The van der Waals surface area contributed by atoms with Crippen LogP contribution in [0.1, 0.15) is 15.9 Å². The maximum Gasteiger partial charge on any atom is 0.263 e. The lowest BCUT2D eigenvalue weighted by Gasteiger charge is -2.11. The smallest absolute Gasteiger partial charge is 0.263 e. The Morgan fingerprint density at radius 2 is 1.95 bits per heavy atom. The van der Waals surface area contributed by atoms with Gasteiger partial charge in [-0.05, 0) is 23.4 Å². The number of aliphatic imine (C=N–C) groups is 1. The summed E-state index contributed by atoms with van der Waals surface area (Å²) in [6, 6.07) is 8.27. The topological polar surface area (TPSA) is 119 Å². The molecule has 0 heterocycles. The van der Waals surface area contributed by atoms with Crippen LogP contribution >= 0.6 is 15.9 Å². The number of rotatable bonds is 4. The van der Waals surface area contributed by atoms with Crippen molar-refractivity contribution in [3.8, 4) is 5.75 Å². The van der Waals surface area contributed by atoms with Crippen molar-refractivity contribution < 1.29 is 19.9 Å². The van der Waals surface area contributed by atoms with Crippen LogP contribution in [-0.2, 0) is 0 Å². The van der Waals surface area contributed by atoms with Gasteiger partial charge >= 0.3 is 0 Å². The number of aromatic carboxylic acids is 1. The number of nitro benzene ring substituents is 1. The van der Waals surface area contributed by atoms with Gasteiger partial charge in [0.1, 0.15) is 0 Å². The molecular weight excluding hydrogens is 356 g/mol. The first kappa shape index (κ1) is 15.6. The van der Waals surface area contributed by atoms with Crippen molar-refractivity contribution >= 4 is 39.5 Å². The molecule has 22 heavy (non-hydrogen) atoms. The van der Waals surface area contributed by atoms with E-state index in [-0.39, 0.29) is 16.8 Å². The van der Waals surface area contributed by atoms with Crippen molar-refractivity contribution in [3.63, 3.8) is 0 Å². The Morgan fingerprint density at radius 3 is 2.59 bits per heavy atom. The summed E-state index contributed by atoms with van der Waals surface area (Å²) in [4.78, 5) is 24.9. The van der Waals surface area contributed by atoms with E-state index < -0.39 is 22.3 Å². The summed E-state index contributed by atoms with van der Waals surface area (Å²) in [5.41, 5.74) is -0.682. The van der Waals surface area contributed by atoms with Crippen molar-refractivity contribution in [2.75, 3.05) is 0 Å². The molecule has 0 amide bonds. The van der Waals surface area contributed by atoms with Gasteiger partial charge in [-0.25, -0.2) is 0 Å².